The molecule has 0 saturated heterocycles. The maximum absolute atomic E-state index is 12.9. The molecule has 0 aliphatic rings. The van der Waals surface area contributed by atoms with Crippen molar-refractivity contribution in [2.75, 3.05) is 7.11 Å². The molecule has 0 spiro atoms. The predicted octanol–water partition coefficient (Wildman–Crippen LogP) is 4.10. The number of benzene rings is 1. The molecule has 0 saturated carbocycles. The molecule has 0 aliphatic carbocycles. The van der Waals surface area contributed by atoms with Crippen molar-refractivity contribution in [1.82, 2.24) is 4.98 Å². The van der Waals surface area contributed by atoms with Crippen molar-refractivity contribution in [3.05, 3.63) is 59.9 Å². The maximum Gasteiger partial charge on any atom is 0.172 e. The summed E-state index contributed by atoms with van der Waals surface area (Å²) in [4.78, 5) is 17.0. The van der Waals surface area contributed by atoms with E-state index in [0.29, 0.717) is 11.3 Å². The van der Waals surface area contributed by atoms with Gasteiger partial charge in [-0.2, -0.15) is 0 Å². The Kier molecular flexibility index (Phi) is 5.09. The van der Waals surface area contributed by atoms with Crippen LogP contribution in [0.5, 0.6) is 5.75 Å². The minimum atomic E-state index is -0.148. The van der Waals surface area contributed by atoms with E-state index in [9.17, 15) is 4.79 Å². The van der Waals surface area contributed by atoms with Gasteiger partial charge in [0, 0.05) is 17.7 Å². The van der Waals surface area contributed by atoms with E-state index in [0.717, 1.165) is 12.0 Å². The van der Waals surface area contributed by atoms with Crippen LogP contribution < -0.4 is 4.74 Å². The van der Waals surface area contributed by atoms with Gasteiger partial charge in [0.25, 0.3) is 0 Å². The highest BCUT2D eigenvalue weighted by molar-refractivity contribution is 6.01. The van der Waals surface area contributed by atoms with Crippen molar-refractivity contribution >= 4 is 5.78 Å². The lowest BCUT2D eigenvalue weighted by Gasteiger charge is -2.22. The molecule has 0 aliphatic heterocycles. The van der Waals surface area contributed by atoms with Gasteiger partial charge in [-0.1, -0.05) is 50.6 Å². The number of ketones is 1. The lowest BCUT2D eigenvalue weighted by Crippen LogP contribution is -2.20. The third-order valence-corrected chi connectivity index (χ3v) is 3.89. The number of hydrogen-bond donors (Lipinski definition) is 0. The van der Waals surface area contributed by atoms with E-state index in [1.54, 1.807) is 25.6 Å². The van der Waals surface area contributed by atoms with Crippen molar-refractivity contribution in [2.45, 2.75) is 26.2 Å². The summed E-state index contributed by atoms with van der Waals surface area (Å²) in [6.07, 6.45) is 4.17. The Balaban J connectivity index is 2.39. The van der Waals surface area contributed by atoms with Gasteiger partial charge < -0.3 is 4.74 Å². The largest absolute Gasteiger partial charge is 0.495 e. The zero-order valence-electron chi connectivity index (χ0n) is 12.7. The normalized spacial score (nSPS) is 13.5. The van der Waals surface area contributed by atoms with E-state index in [2.05, 4.69) is 18.8 Å². The topological polar surface area (TPSA) is 39.2 Å². The average molecular weight is 283 g/mol. The van der Waals surface area contributed by atoms with E-state index in [1.807, 2.05) is 30.3 Å². The maximum atomic E-state index is 12.9. The van der Waals surface area contributed by atoms with Crippen molar-refractivity contribution in [1.29, 1.82) is 0 Å². The summed E-state index contributed by atoms with van der Waals surface area (Å²) in [7, 11) is 1.58. The first kappa shape index (κ1) is 15.2. The Morgan fingerprint density at radius 2 is 1.95 bits per heavy atom. The van der Waals surface area contributed by atoms with Crippen LogP contribution in [-0.4, -0.2) is 17.9 Å². The van der Waals surface area contributed by atoms with E-state index >= 15 is 0 Å². The van der Waals surface area contributed by atoms with Gasteiger partial charge in [0.15, 0.2) is 5.78 Å². The number of nitrogens with zero attached hydrogens (tertiary/aromatic N) is 1. The SMILES string of the molecule is CCC(C)C(C(=O)c1cncc(OC)c1)c1ccccc1. The van der Waals surface area contributed by atoms with E-state index in [-0.39, 0.29) is 17.6 Å². The third kappa shape index (κ3) is 3.48. The average Bonchev–Trinajstić information content (AvgIpc) is 2.55. The lowest BCUT2D eigenvalue weighted by molar-refractivity contribution is 0.0931. The van der Waals surface area contributed by atoms with E-state index in [4.69, 9.17) is 4.74 Å². The fourth-order valence-electron chi connectivity index (χ4n) is 2.48. The van der Waals surface area contributed by atoms with Gasteiger partial charge in [0.05, 0.1) is 13.3 Å². The zero-order chi connectivity index (χ0) is 15.2. The molecule has 1 aromatic heterocycles. The Morgan fingerprint density at radius 3 is 2.57 bits per heavy atom. The smallest absolute Gasteiger partial charge is 0.172 e. The van der Waals surface area contributed by atoms with Crippen molar-refractivity contribution in [2.24, 2.45) is 5.92 Å². The minimum absolute atomic E-state index is 0.0990. The molecule has 0 N–H and O–H groups in total. The van der Waals surface area contributed by atoms with Crippen LogP contribution in [0, 0.1) is 5.92 Å². The van der Waals surface area contributed by atoms with Gasteiger partial charge >= 0.3 is 0 Å². The number of carbonyl (C=O) groups excluding carboxylic acids is 1. The van der Waals surface area contributed by atoms with Gasteiger partial charge in [-0.25, -0.2) is 0 Å². The molecule has 3 nitrogen and oxygen atoms in total. The van der Waals surface area contributed by atoms with Crippen LogP contribution in [0.25, 0.3) is 0 Å². The fourth-order valence-corrected chi connectivity index (χ4v) is 2.48. The summed E-state index contributed by atoms with van der Waals surface area (Å²) in [5, 5.41) is 0. The second-order valence-corrected chi connectivity index (χ2v) is 5.25. The number of methoxy groups -OCH3 is 1. The molecule has 0 radical (unpaired) electrons. The second-order valence-electron chi connectivity index (χ2n) is 5.25. The van der Waals surface area contributed by atoms with Gasteiger partial charge in [0.2, 0.25) is 0 Å². The summed E-state index contributed by atoms with van der Waals surface area (Å²) >= 11 is 0. The molecule has 2 unspecified atom stereocenters. The molecule has 110 valence electrons. The molecule has 2 rings (SSSR count). The first-order valence-corrected chi connectivity index (χ1v) is 7.25. The first-order chi connectivity index (χ1) is 10.2. The highest BCUT2D eigenvalue weighted by atomic mass is 16.5. The van der Waals surface area contributed by atoms with Crippen LogP contribution in [0.2, 0.25) is 0 Å². The van der Waals surface area contributed by atoms with Crippen LogP contribution in [0.3, 0.4) is 0 Å². The molecule has 0 bridgehead atoms. The number of Topliss-reactive ketones (excluding diaryl/α,β-unsaturated/α-hetero) is 1. The molecule has 2 atom stereocenters. The van der Waals surface area contributed by atoms with Gasteiger partial charge in [0.1, 0.15) is 5.75 Å². The molecule has 1 aromatic carbocycles. The molecule has 3 heteroatoms. The monoisotopic (exact) mass is 283 g/mol. The van der Waals surface area contributed by atoms with Crippen LogP contribution in [0.15, 0.2) is 48.8 Å². The number of aromatic nitrogens is 1. The number of ether oxygens (including phenoxy) is 1. The summed E-state index contributed by atoms with van der Waals surface area (Å²) in [5.41, 5.74) is 1.66. The number of hydrogen-bond acceptors (Lipinski definition) is 3. The van der Waals surface area contributed by atoms with Crippen molar-refractivity contribution < 1.29 is 9.53 Å². The molecular formula is C18H21NO2. The molecule has 0 amide bonds. The highest BCUT2D eigenvalue weighted by Crippen LogP contribution is 2.31. The standard InChI is InChI=1S/C18H21NO2/c1-4-13(2)17(14-8-6-5-7-9-14)18(20)15-10-16(21-3)12-19-11-15/h5-13,17H,4H2,1-3H3. The number of carbonyl (C=O) groups is 1. The molecule has 0 fully saturated rings. The second kappa shape index (κ2) is 7.02. The van der Waals surface area contributed by atoms with E-state index in [1.165, 1.54) is 0 Å². The minimum Gasteiger partial charge on any atom is -0.495 e. The Bertz CT molecular complexity index is 595. The highest BCUT2D eigenvalue weighted by Gasteiger charge is 2.27. The summed E-state index contributed by atoms with van der Waals surface area (Å²) in [6.45, 7) is 4.22. The van der Waals surface area contributed by atoms with E-state index < -0.39 is 0 Å². The zero-order valence-corrected chi connectivity index (χ0v) is 12.7. The lowest BCUT2D eigenvalue weighted by atomic mass is 9.80. The van der Waals surface area contributed by atoms with Crippen LogP contribution >= 0.6 is 0 Å². The van der Waals surface area contributed by atoms with Gasteiger partial charge in [-0.05, 0) is 17.5 Å². The quantitative estimate of drug-likeness (QED) is 0.749. The Labute approximate surface area is 126 Å². The number of rotatable bonds is 6. The summed E-state index contributed by atoms with van der Waals surface area (Å²) in [6, 6.07) is 11.7. The van der Waals surface area contributed by atoms with Crippen LogP contribution in [0.4, 0.5) is 0 Å². The predicted molar refractivity (Wildman–Crippen MR) is 83.8 cm³/mol. The molecule has 2 aromatic rings. The number of pyridine rings is 1. The van der Waals surface area contributed by atoms with Gasteiger partial charge in [-0.15, -0.1) is 0 Å². The Morgan fingerprint density at radius 1 is 1.24 bits per heavy atom. The van der Waals surface area contributed by atoms with Crippen molar-refractivity contribution in [3.8, 4) is 5.75 Å². The summed E-state index contributed by atoms with van der Waals surface area (Å²) in [5.74, 6) is 0.829. The van der Waals surface area contributed by atoms with Crippen LogP contribution in [0.1, 0.15) is 42.1 Å². The molecule has 21 heavy (non-hydrogen) atoms. The van der Waals surface area contributed by atoms with Crippen LogP contribution in [-0.2, 0) is 0 Å². The molecule has 1 heterocycles. The van der Waals surface area contributed by atoms with Gasteiger partial charge in [-0.3, -0.25) is 9.78 Å². The summed E-state index contributed by atoms with van der Waals surface area (Å²) < 4.78 is 5.16. The third-order valence-electron chi connectivity index (χ3n) is 3.89. The Hall–Kier alpha value is -2.16. The molecular weight excluding hydrogens is 262 g/mol. The van der Waals surface area contributed by atoms with Crippen molar-refractivity contribution in [3.63, 3.8) is 0 Å². The first-order valence-electron chi connectivity index (χ1n) is 7.25. The fraction of sp³-hybridized carbons (Fsp3) is 0.333.